The number of nitrogens with one attached hydrogen (secondary N) is 2. The first kappa shape index (κ1) is 24.1. The second kappa shape index (κ2) is 10.7. The molecule has 0 atom stereocenters. The van der Waals surface area contributed by atoms with Crippen molar-refractivity contribution in [2.75, 3.05) is 19.8 Å². The Kier molecular flexibility index (Phi) is 8.59. The molecule has 0 fully saturated rings. The molecular formula is C19H19F3N4OS3. The van der Waals surface area contributed by atoms with Gasteiger partial charge in [-0.25, -0.2) is 0 Å². The Hall–Kier alpha value is -2.21. The van der Waals surface area contributed by atoms with Crippen LogP contribution in [-0.2, 0) is 11.0 Å². The highest BCUT2D eigenvalue weighted by Gasteiger charge is 2.34. The average Bonchev–Trinajstić information content (AvgIpc) is 2.72. The fourth-order valence-corrected chi connectivity index (χ4v) is 3.39. The van der Waals surface area contributed by atoms with E-state index in [2.05, 4.69) is 10.3 Å². The molecule has 0 aliphatic rings. The van der Waals surface area contributed by atoms with Crippen molar-refractivity contribution < 1.29 is 18.0 Å². The number of alkyl halides is 3. The number of hydrogen-bond acceptors (Lipinski definition) is 5. The van der Waals surface area contributed by atoms with Gasteiger partial charge in [-0.05, 0) is 6.07 Å². The van der Waals surface area contributed by atoms with E-state index in [1.807, 2.05) is 30.3 Å². The second-order valence-corrected chi connectivity index (χ2v) is 7.59. The van der Waals surface area contributed by atoms with Crippen LogP contribution < -0.4 is 10.3 Å². The molecule has 0 saturated carbocycles. The first-order valence-corrected chi connectivity index (χ1v) is 10.4. The van der Waals surface area contributed by atoms with Gasteiger partial charge >= 0.3 is 6.18 Å². The zero-order valence-corrected chi connectivity index (χ0v) is 18.5. The van der Waals surface area contributed by atoms with Gasteiger partial charge in [0.05, 0.1) is 11.3 Å². The molecule has 2 aromatic carbocycles. The van der Waals surface area contributed by atoms with Crippen molar-refractivity contribution in [2.45, 2.75) is 6.18 Å². The lowest BCUT2D eigenvalue weighted by Crippen LogP contribution is -2.45. The number of nitrogens with zero attached hydrogens (tertiary/aromatic N) is 2. The first-order valence-electron chi connectivity index (χ1n) is 8.55. The maximum Gasteiger partial charge on any atom is 0.417 e. The number of hydrazine groups is 2. The maximum atomic E-state index is 13.2. The standard InChI is InChI=1S/C19H19F3N4OS3/c1-25(18(29)14-10-6-7-11-15(14)19(20,21)22)23-16(27)12-30-24-26(2)17(28)13-8-4-3-5-9-13/h3-11,24H,12H2,1-2H3,(H,23,27). The number of rotatable bonds is 6. The van der Waals surface area contributed by atoms with Crippen LogP contribution in [0, 0.1) is 0 Å². The molecule has 11 heteroatoms. The van der Waals surface area contributed by atoms with E-state index in [9.17, 15) is 18.0 Å². The Labute approximate surface area is 187 Å². The lowest BCUT2D eigenvalue weighted by Gasteiger charge is -2.24. The van der Waals surface area contributed by atoms with Crippen LogP contribution in [0.1, 0.15) is 16.7 Å². The quantitative estimate of drug-likeness (QED) is 0.377. The number of carbonyl (C=O) groups excluding carboxylic acids is 1. The van der Waals surface area contributed by atoms with Crippen LogP contribution >= 0.6 is 36.4 Å². The van der Waals surface area contributed by atoms with Gasteiger partial charge in [0.25, 0.3) is 0 Å². The summed E-state index contributed by atoms with van der Waals surface area (Å²) < 4.78 is 39.5. The predicted octanol–water partition coefficient (Wildman–Crippen LogP) is 3.80. The second-order valence-electron chi connectivity index (χ2n) is 6.05. The highest BCUT2D eigenvalue weighted by atomic mass is 32.2. The molecule has 0 aromatic heterocycles. The molecule has 0 heterocycles. The number of benzene rings is 2. The summed E-state index contributed by atoms with van der Waals surface area (Å²) in [6.07, 6.45) is -4.55. The van der Waals surface area contributed by atoms with E-state index in [1.54, 1.807) is 12.1 Å². The van der Waals surface area contributed by atoms with Crippen molar-refractivity contribution >= 4 is 52.3 Å². The van der Waals surface area contributed by atoms with Gasteiger partial charge in [0.1, 0.15) is 9.98 Å². The van der Waals surface area contributed by atoms with E-state index >= 15 is 0 Å². The third kappa shape index (κ3) is 6.66. The number of amides is 1. The molecule has 0 aliphatic heterocycles. The van der Waals surface area contributed by atoms with Gasteiger partial charge in [-0.2, -0.15) is 18.0 Å². The summed E-state index contributed by atoms with van der Waals surface area (Å²) in [5, 5.41) is 2.69. The van der Waals surface area contributed by atoms with Gasteiger partial charge in [0.15, 0.2) is 0 Å². The molecule has 0 spiro atoms. The topological polar surface area (TPSA) is 47.6 Å². The highest BCUT2D eigenvalue weighted by molar-refractivity contribution is 7.98. The first-order chi connectivity index (χ1) is 14.1. The fourth-order valence-electron chi connectivity index (χ4n) is 2.38. The van der Waals surface area contributed by atoms with Gasteiger partial charge in [-0.15, -0.1) is 0 Å². The molecule has 0 unspecified atom stereocenters. The largest absolute Gasteiger partial charge is 0.417 e. The Bertz CT molecular complexity index is 909. The minimum absolute atomic E-state index is 0.0182. The molecule has 2 aromatic rings. The Morgan fingerprint density at radius 3 is 2.20 bits per heavy atom. The summed E-state index contributed by atoms with van der Waals surface area (Å²) in [5.74, 6) is -0.462. The summed E-state index contributed by atoms with van der Waals surface area (Å²) >= 11 is 11.6. The zero-order chi connectivity index (χ0) is 22.3. The van der Waals surface area contributed by atoms with Crippen molar-refractivity contribution in [3.8, 4) is 0 Å². The van der Waals surface area contributed by atoms with E-state index in [0.717, 1.165) is 28.6 Å². The monoisotopic (exact) mass is 472 g/mol. The fraction of sp³-hybridized carbons (Fsp3) is 0.211. The van der Waals surface area contributed by atoms with Crippen molar-refractivity contribution in [3.05, 3.63) is 71.3 Å². The van der Waals surface area contributed by atoms with Gasteiger partial charge in [0.2, 0.25) is 5.91 Å². The Morgan fingerprint density at radius 2 is 1.57 bits per heavy atom. The molecule has 0 saturated heterocycles. The number of halogens is 3. The minimum atomic E-state index is -4.55. The molecular weight excluding hydrogens is 453 g/mol. The molecule has 0 aliphatic carbocycles. The van der Waals surface area contributed by atoms with Crippen LogP contribution in [0.25, 0.3) is 0 Å². The Balaban J connectivity index is 1.86. The zero-order valence-electron chi connectivity index (χ0n) is 16.1. The third-order valence-corrected chi connectivity index (χ3v) is 5.60. The number of thiocarbonyl (C=S) groups is 2. The SMILES string of the molecule is CN(NSCC(=O)NN(C)C(=S)c1ccccc1C(F)(F)F)C(=S)c1ccccc1. The minimum Gasteiger partial charge on any atom is -0.291 e. The normalized spacial score (nSPS) is 11.0. The average molecular weight is 473 g/mol. The number of hydrogen-bond donors (Lipinski definition) is 2. The maximum absolute atomic E-state index is 13.2. The molecule has 2 N–H and O–H groups in total. The molecule has 160 valence electrons. The van der Waals surface area contributed by atoms with Gasteiger partial charge in [-0.1, -0.05) is 84.9 Å². The van der Waals surface area contributed by atoms with E-state index in [1.165, 1.54) is 25.2 Å². The van der Waals surface area contributed by atoms with Crippen molar-refractivity contribution in [2.24, 2.45) is 0 Å². The smallest absolute Gasteiger partial charge is 0.291 e. The van der Waals surface area contributed by atoms with E-state index in [0.29, 0.717) is 4.99 Å². The highest BCUT2D eigenvalue weighted by Crippen LogP contribution is 2.32. The van der Waals surface area contributed by atoms with E-state index in [-0.39, 0.29) is 16.3 Å². The Morgan fingerprint density at radius 1 is 0.967 bits per heavy atom. The van der Waals surface area contributed by atoms with Crippen LogP contribution in [0.5, 0.6) is 0 Å². The molecule has 5 nitrogen and oxygen atoms in total. The summed E-state index contributed by atoms with van der Waals surface area (Å²) in [5.41, 5.74) is 2.28. The van der Waals surface area contributed by atoms with Crippen LogP contribution in [0.3, 0.4) is 0 Å². The summed E-state index contributed by atoms with van der Waals surface area (Å²) in [4.78, 5) is 15.5. The lowest BCUT2D eigenvalue weighted by molar-refractivity contribution is -0.137. The summed E-state index contributed by atoms with van der Waals surface area (Å²) in [7, 11) is 3.11. The molecule has 0 bridgehead atoms. The van der Waals surface area contributed by atoms with Crippen molar-refractivity contribution in [3.63, 3.8) is 0 Å². The van der Waals surface area contributed by atoms with Crippen molar-refractivity contribution in [1.29, 1.82) is 0 Å². The van der Waals surface area contributed by atoms with Crippen LogP contribution in [0.15, 0.2) is 54.6 Å². The number of carbonyl (C=O) groups is 1. The molecule has 30 heavy (non-hydrogen) atoms. The van der Waals surface area contributed by atoms with Crippen LogP contribution in [0.4, 0.5) is 13.2 Å². The van der Waals surface area contributed by atoms with E-state index in [4.69, 9.17) is 24.4 Å². The van der Waals surface area contributed by atoms with Crippen LogP contribution in [-0.4, -0.2) is 45.8 Å². The van der Waals surface area contributed by atoms with Gasteiger partial charge in [-0.3, -0.25) is 20.2 Å². The summed E-state index contributed by atoms with van der Waals surface area (Å²) in [6, 6.07) is 14.3. The van der Waals surface area contributed by atoms with Gasteiger partial charge in [0, 0.05) is 25.2 Å². The third-order valence-electron chi connectivity index (χ3n) is 3.79. The molecule has 2 rings (SSSR count). The lowest BCUT2D eigenvalue weighted by atomic mass is 10.1. The van der Waals surface area contributed by atoms with E-state index < -0.39 is 17.6 Å². The van der Waals surface area contributed by atoms with Crippen molar-refractivity contribution in [1.82, 2.24) is 20.3 Å². The summed E-state index contributed by atoms with van der Waals surface area (Å²) in [6.45, 7) is 0. The van der Waals surface area contributed by atoms with Gasteiger partial charge < -0.3 is 0 Å². The molecule has 0 radical (unpaired) electrons. The predicted molar refractivity (Wildman–Crippen MR) is 121 cm³/mol. The molecule has 1 amide bonds. The van der Waals surface area contributed by atoms with Crippen LogP contribution in [0.2, 0.25) is 0 Å².